The molecule has 1 aromatic carbocycles. The summed E-state index contributed by atoms with van der Waals surface area (Å²) in [6.07, 6.45) is 0. The lowest BCUT2D eigenvalue weighted by Gasteiger charge is -2.05. The molecule has 2 aromatic rings. The number of carbonyl (C=O) groups is 1. The maximum Gasteiger partial charge on any atom is 0.291 e. The number of hydrogen-bond donors (Lipinski definition) is 2. The van der Waals surface area contributed by atoms with Crippen LogP contribution in [0.3, 0.4) is 0 Å². The van der Waals surface area contributed by atoms with Crippen molar-refractivity contribution in [1.29, 1.82) is 0 Å². The number of primary sulfonamides is 1. The summed E-state index contributed by atoms with van der Waals surface area (Å²) in [4.78, 5) is 11.7. The smallest absolute Gasteiger partial charge is 0.291 e. The SMILES string of the molecule is NS(=O)(=O)c1ccc(C(=O)Nc2ccc(F)c(F)c2F)o1. The summed E-state index contributed by atoms with van der Waals surface area (Å²) >= 11 is 0. The summed E-state index contributed by atoms with van der Waals surface area (Å²) in [5, 5.41) is 6.02. The van der Waals surface area contributed by atoms with Gasteiger partial charge in [0, 0.05) is 0 Å². The van der Waals surface area contributed by atoms with Gasteiger partial charge in [-0.25, -0.2) is 26.7 Å². The molecule has 0 unspecified atom stereocenters. The molecule has 112 valence electrons. The van der Waals surface area contributed by atoms with Gasteiger partial charge in [0.1, 0.15) is 0 Å². The van der Waals surface area contributed by atoms with E-state index in [1.807, 2.05) is 5.32 Å². The zero-order valence-electron chi connectivity index (χ0n) is 10.1. The molecule has 1 amide bonds. The molecule has 10 heteroatoms. The van der Waals surface area contributed by atoms with Crippen molar-refractivity contribution < 1.29 is 30.8 Å². The first-order valence-electron chi connectivity index (χ1n) is 5.27. The highest BCUT2D eigenvalue weighted by molar-refractivity contribution is 7.89. The Labute approximate surface area is 116 Å². The zero-order chi connectivity index (χ0) is 15.8. The van der Waals surface area contributed by atoms with Crippen LogP contribution in [0.1, 0.15) is 10.6 Å². The van der Waals surface area contributed by atoms with Gasteiger partial charge >= 0.3 is 0 Å². The summed E-state index contributed by atoms with van der Waals surface area (Å²) in [6, 6.07) is 3.32. The standard InChI is InChI=1S/C11H7F3N2O4S/c12-5-1-2-6(10(14)9(5)13)16-11(17)7-3-4-8(20-7)21(15,18)19/h1-4H,(H,16,17)(H2,15,18,19). The number of benzene rings is 1. The van der Waals surface area contributed by atoms with Crippen LogP contribution in [0.15, 0.2) is 33.8 Å². The molecular weight excluding hydrogens is 313 g/mol. The molecule has 0 atom stereocenters. The number of anilines is 1. The molecule has 0 saturated heterocycles. The Morgan fingerprint density at radius 1 is 1.10 bits per heavy atom. The maximum atomic E-state index is 13.4. The van der Waals surface area contributed by atoms with Crippen molar-refractivity contribution in [1.82, 2.24) is 0 Å². The fraction of sp³-hybridized carbons (Fsp3) is 0. The third-order valence-corrected chi connectivity index (χ3v) is 3.15. The minimum absolute atomic E-state index is 0.497. The minimum atomic E-state index is -4.14. The summed E-state index contributed by atoms with van der Waals surface area (Å²) in [7, 11) is -4.14. The topological polar surface area (TPSA) is 102 Å². The van der Waals surface area contributed by atoms with Gasteiger partial charge in [0.15, 0.2) is 23.2 Å². The number of furan rings is 1. The molecule has 21 heavy (non-hydrogen) atoms. The molecule has 0 fully saturated rings. The predicted molar refractivity (Wildman–Crippen MR) is 64.4 cm³/mol. The number of hydrogen-bond acceptors (Lipinski definition) is 4. The van der Waals surface area contributed by atoms with Crippen LogP contribution in [0.25, 0.3) is 0 Å². The predicted octanol–water partition coefficient (Wildman–Crippen LogP) is 1.60. The zero-order valence-corrected chi connectivity index (χ0v) is 10.9. The highest BCUT2D eigenvalue weighted by Gasteiger charge is 2.20. The molecular formula is C11H7F3N2O4S. The van der Waals surface area contributed by atoms with Crippen LogP contribution in [-0.2, 0) is 10.0 Å². The molecule has 2 rings (SSSR count). The van der Waals surface area contributed by atoms with Crippen molar-refractivity contribution in [2.75, 3.05) is 5.32 Å². The van der Waals surface area contributed by atoms with Gasteiger partial charge in [0.2, 0.25) is 5.09 Å². The van der Waals surface area contributed by atoms with E-state index in [1.165, 1.54) is 0 Å². The van der Waals surface area contributed by atoms with E-state index in [2.05, 4.69) is 4.42 Å². The van der Waals surface area contributed by atoms with Gasteiger partial charge in [0.25, 0.3) is 15.9 Å². The van der Waals surface area contributed by atoms with Gasteiger partial charge in [-0.2, -0.15) is 0 Å². The molecule has 1 heterocycles. The Morgan fingerprint density at radius 2 is 1.76 bits per heavy atom. The molecule has 0 aliphatic heterocycles. The third kappa shape index (κ3) is 3.06. The second-order valence-corrected chi connectivity index (χ2v) is 5.33. The quantitative estimate of drug-likeness (QED) is 0.838. The molecule has 0 aliphatic carbocycles. The largest absolute Gasteiger partial charge is 0.438 e. The first-order chi connectivity index (χ1) is 9.70. The van der Waals surface area contributed by atoms with Crippen LogP contribution in [-0.4, -0.2) is 14.3 Å². The Balaban J connectivity index is 2.27. The van der Waals surface area contributed by atoms with Gasteiger partial charge in [-0.3, -0.25) is 4.79 Å². The number of halogens is 3. The van der Waals surface area contributed by atoms with E-state index in [1.54, 1.807) is 0 Å². The first kappa shape index (κ1) is 15.1. The van der Waals surface area contributed by atoms with Crippen LogP contribution in [0.4, 0.5) is 18.9 Å². The monoisotopic (exact) mass is 320 g/mol. The van der Waals surface area contributed by atoms with Gasteiger partial charge in [0.05, 0.1) is 5.69 Å². The lowest BCUT2D eigenvalue weighted by molar-refractivity contribution is 0.0991. The molecule has 3 N–H and O–H groups in total. The van der Waals surface area contributed by atoms with Crippen molar-refractivity contribution in [3.63, 3.8) is 0 Å². The fourth-order valence-electron chi connectivity index (χ4n) is 1.40. The number of nitrogens with two attached hydrogens (primary N) is 1. The summed E-state index contributed by atoms with van der Waals surface area (Å²) in [6.45, 7) is 0. The Hall–Kier alpha value is -2.33. The fourth-order valence-corrected chi connectivity index (χ4v) is 1.87. The highest BCUT2D eigenvalue weighted by atomic mass is 32.2. The number of sulfonamides is 1. The lowest BCUT2D eigenvalue weighted by atomic mass is 10.2. The maximum absolute atomic E-state index is 13.4. The van der Waals surface area contributed by atoms with Crippen LogP contribution in [0.5, 0.6) is 0 Å². The second kappa shape index (κ2) is 5.22. The van der Waals surface area contributed by atoms with Crippen molar-refractivity contribution >= 4 is 21.6 Å². The number of nitrogens with one attached hydrogen (secondary N) is 1. The molecule has 0 spiro atoms. The van der Waals surface area contributed by atoms with E-state index in [4.69, 9.17) is 5.14 Å². The van der Waals surface area contributed by atoms with Gasteiger partial charge in [-0.1, -0.05) is 0 Å². The molecule has 0 bridgehead atoms. The second-order valence-electron chi connectivity index (χ2n) is 3.84. The molecule has 0 saturated carbocycles. The third-order valence-electron chi connectivity index (χ3n) is 2.37. The minimum Gasteiger partial charge on any atom is -0.438 e. The number of carbonyl (C=O) groups excluding carboxylic acids is 1. The first-order valence-corrected chi connectivity index (χ1v) is 6.82. The van der Waals surface area contributed by atoms with E-state index in [9.17, 15) is 26.4 Å². The van der Waals surface area contributed by atoms with Crippen molar-refractivity contribution in [2.24, 2.45) is 5.14 Å². The van der Waals surface area contributed by atoms with Crippen LogP contribution >= 0.6 is 0 Å². The molecule has 0 radical (unpaired) electrons. The van der Waals surface area contributed by atoms with Crippen molar-refractivity contribution in [3.05, 3.63) is 47.5 Å². The number of amides is 1. The normalized spacial score (nSPS) is 11.4. The van der Waals surface area contributed by atoms with E-state index in [0.717, 1.165) is 18.2 Å². The van der Waals surface area contributed by atoms with Gasteiger partial charge in [-0.15, -0.1) is 0 Å². The van der Waals surface area contributed by atoms with Crippen LogP contribution < -0.4 is 10.5 Å². The average molecular weight is 320 g/mol. The highest BCUT2D eigenvalue weighted by Crippen LogP contribution is 2.21. The number of rotatable bonds is 3. The molecule has 0 aliphatic rings. The van der Waals surface area contributed by atoms with Crippen molar-refractivity contribution in [3.8, 4) is 0 Å². The van der Waals surface area contributed by atoms with Crippen molar-refractivity contribution in [2.45, 2.75) is 5.09 Å². The molecule has 1 aromatic heterocycles. The molecule has 6 nitrogen and oxygen atoms in total. The Bertz CT molecular complexity index is 817. The lowest BCUT2D eigenvalue weighted by Crippen LogP contribution is -2.14. The van der Waals surface area contributed by atoms with Crippen LogP contribution in [0.2, 0.25) is 0 Å². The van der Waals surface area contributed by atoms with Crippen LogP contribution in [0, 0.1) is 17.5 Å². The van der Waals surface area contributed by atoms with E-state index in [-0.39, 0.29) is 0 Å². The Kier molecular flexibility index (Phi) is 3.75. The van der Waals surface area contributed by atoms with E-state index < -0.39 is 49.9 Å². The summed E-state index contributed by atoms with van der Waals surface area (Å²) in [5.74, 6) is -6.32. The average Bonchev–Trinajstić information content (AvgIpc) is 2.89. The summed E-state index contributed by atoms with van der Waals surface area (Å²) < 4.78 is 65.7. The summed E-state index contributed by atoms with van der Waals surface area (Å²) in [5.41, 5.74) is -0.632. The van der Waals surface area contributed by atoms with Gasteiger partial charge in [-0.05, 0) is 24.3 Å². The Morgan fingerprint density at radius 3 is 2.33 bits per heavy atom. The van der Waals surface area contributed by atoms with E-state index in [0.29, 0.717) is 6.07 Å². The van der Waals surface area contributed by atoms with Gasteiger partial charge < -0.3 is 9.73 Å². The van der Waals surface area contributed by atoms with E-state index >= 15 is 0 Å².